The molecule has 130 valence electrons. The minimum absolute atomic E-state index is 0.221. The van der Waals surface area contributed by atoms with Gasteiger partial charge in [-0.2, -0.15) is 0 Å². The van der Waals surface area contributed by atoms with E-state index in [9.17, 15) is 4.79 Å². The number of methoxy groups -OCH3 is 1. The Kier molecular flexibility index (Phi) is 4.06. The quantitative estimate of drug-likeness (QED) is 0.846. The molecular weight excluding hydrogens is 304 g/mol. The largest absolute Gasteiger partial charge is 0.481 e. The molecule has 3 heterocycles. The number of amides is 1. The predicted molar refractivity (Wildman–Crippen MR) is 91.0 cm³/mol. The highest BCUT2D eigenvalue weighted by atomic mass is 16.5. The van der Waals surface area contributed by atoms with Gasteiger partial charge in [0.25, 0.3) is 0 Å². The van der Waals surface area contributed by atoms with Crippen LogP contribution in [0.5, 0.6) is 5.88 Å². The van der Waals surface area contributed by atoms with Crippen LogP contribution in [0.25, 0.3) is 0 Å². The number of hydrogen-bond donors (Lipinski definition) is 0. The molecule has 0 radical (unpaired) electrons. The first-order valence-electron chi connectivity index (χ1n) is 9.06. The highest BCUT2D eigenvalue weighted by Crippen LogP contribution is 2.41. The zero-order chi connectivity index (χ0) is 16.6. The number of piperidine rings is 2. The number of ether oxygens (including phenoxy) is 1. The monoisotopic (exact) mass is 330 g/mol. The number of carbonyl (C=O) groups excluding carboxylic acids is 1. The van der Waals surface area contributed by atoms with Gasteiger partial charge in [0.05, 0.1) is 7.11 Å². The van der Waals surface area contributed by atoms with Gasteiger partial charge < -0.3 is 14.5 Å². The smallest absolute Gasteiger partial charge is 0.222 e. The van der Waals surface area contributed by atoms with Gasteiger partial charge in [0.1, 0.15) is 12.1 Å². The van der Waals surface area contributed by atoms with Crippen molar-refractivity contribution in [3.8, 4) is 5.88 Å². The summed E-state index contributed by atoms with van der Waals surface area (Å²) in [4.78, 5) is 25.3. The standard InChI is InChI=1S/C18H26N4O2/c1-24-16-9-15(19-13-20-16)21-8-2-6-18(11-21)7-5-17(23)22(12-18)10-14-3-4-14/h9,13-14H,2-8,10-12H2,1H3. The molecule has 1 atom stereocenters. The predicted octanol–water partition coefficient (Wildman–Crippen LogP) is 2.10. The Bertz CT molecular complexity index is 619. The molecule has 1 amide bonds. The van der Waals surface area contributed by atoms with Gasteiger partial charge in [-0.15, -0.1) is 0 Å². The summed E-state index contributed by atoms with van der Waals surface area (Å²) in [6, 6.07) is 1.91. The van der Waals surface area contributed by atoms with Crippen molar-refractivity contribution in [2.75, 3.05) is 38.2 Å². The van der Waals surface area contributed by atoms with E-state index in [1.54, 1.807) is 13.4 Å². The van der Waals surface area contributed by atoms with Crippen molar-refractivity contribution in [1.82, 2.24) is 14.9 Å². The van der Waals surface area contributed by atoms with E-state index in [-0.39, 0.29) is 5.41 Å². The van der Waals surface area contributed by atoms with Gasteiger partial charge in [0.2, 0.25) is 11.8 Å². The van der Waals surface area contributed by atoms with Crippen LogP contribution in [-0.4, -0.2) is 54.1 Å². The molecule has 0 aromatic carbocycles. The van der Waals surface area contributed by atoms with Crippen LogP contribution < -0.4 is 9.64 Å². The van der Waals surface area contributed by atoms with Crippen LogP contribution in [0.1, 0.15) is 38.5 Å². The van der Waals surface area contributed by atoms with Gasteiger partial charge in [0, 0.05) is 44.1 Å². The van der Waals surface area contributed by atoms with Crippen LogP contribution in [0.15, 0.2) is 12.4 Å². The molecule has 1 spiro atoms. The van der Waals surface area contributed by atoms with Gasteiger partial charge in [-0.25, -0.2) is 9.97 Å². The van der Waals surface area contributed by atoms with Gasteiger partial charge in [0.15, 0.2) is 0 Å². The summed E-state index contributed by atoms with van der Waals surface area (Å²) in [6.45, 7) is 3.88. The molecule has 6 nitrogen and oxygen atoms in total. The van der Waals surface area contributed by atoms with E-state index in [4.69, 9.17) is 4.74 Å². The van der Waals surface area contributed by atoms with E-state index >= 15 is 0 Å². The molecule has 0 N–H and O–H groups in total. The molecule has 1 aliphatic carbocycles. The van der Waals surface area contributed by atoms with E-state index in [1.807, 2.05) is 6.07 Å². The van der Waals surface area contributed by atoms with Gasteiger partial charge in [-0.3, -0.25) is 4.79 Å². The number of hydrogen-bond acceptors (Lipinski definition) is 5. The summed E-state index contributed by atoms with van der Waals surface area (Å²) < 4.78 is 5.23. The fraction of sp³-hybridized carbons (Fsp3) is 0.722. The van der Waals surface area contributed by atoms with E-state index in [0.717, 1.165) is 50.8 Å². The average molecular weight is 330 g/mol. The maximum absolute atomic E-state index is 12.3. The normalized spacial score (nSPS) is 27.6. The Hall–Kier alpha value is -1.85. The molecule has 24 heavy (non-hydrogen) atoms. The van der Waals surface area contributed by atoms with Crippen LogP contribution in [0.3, 0.4) is 0 Å². The number of aromatic nitrogens is 2. The van der Waals surface area contributed by atoms with Gasteiger partial charge in [-0.05, 0) is 38.0 Å². The van der Waals surface area contributed by atoms with Gasteiger partial charge >= 0.3 is 0 Å². The highest BCUT2D eigenvalue weighted by Gasteiger charge is 2.43. The summed E-state index contributed by atoms with van der Waals surface area (Å²) in [7, 11) is 1.63. The number of rotatable bonds is 4. The minimum Gasteiger partial charge on any atom is -0.481 e. The van der Waals surface area contributed by atoms with Crippen molar-refractivity contribution in [3.63, 3.8) is 0 Å². The van der Waals surface area contributed by atoms with Crippen molar-refractivity contribution in [3.05, 3.63) is 12.4 Å². The number of nitrogens with zero attached hydrogens (tertiary/aromatic N) is 4. The molecule has 0 bridgehead atoms. The van der Waals surface area contributed by atoms with E-state index < -0.39 is 0 Å². The Morgan fingerprint density at radius 1 is 1.29 bits per heavy atom. The molecule has 3 aliphatic rings. The summed E-state index contributed by atoms with van der Waals surface area (Å²) >= 11 is 0. The first kappa shape index (κ1) is 15.7. The zero-order valence-corrected chi connectivity index (χ0v) is 14.4. The Morgan fingerprint density at radius 3 is 2.96 bits per heavy atom. The molecule has 1 saturated carbocycles. The SMILES string of the molecule is COc1cc(N2CCCC3(CCC(=O)N(CC4CC4)C3)C2)ncn1. The first-order valence-corrected chi connectivity index (χ1v) is 9.06. The third-order valence-electron chi connectivity index (χ3n) is 5.75. The molecular formula is C18H26N4O2. The van der Waals surface area contributed by atoms with Crippen molar-refractivity contribution in [2.24, 2.45) is 11.3 Å². The number of carbonyl (C=O) groups is 1. The topological polar surface area (TPSA) is 58.6 Å². The molecule has 4 rings (SSSR count). The minimum atomic E-state index is 0.221. The molecule has 1 aromatic rings. The van der Waals surface area contributed by atoms with E-state index in [1.165, 1.54) is 19.3 Å². The second-order valence-corrected chi connectivity index (χ2v) is 7.66. The third kappa shape index (κ3) is 3.19. The van der Waals surface area contributed by atoms with Crippen molar-refractivity contribution in [2.45, 2.75) is 38.5 Å². The second-order valence-electron chi connectivity index (χ2n) is 7.66. The molecule has 1 unspecified atom stereocenters. The molecule has 2 aliphatic heterocycles. The summed E-state index contributed by atoms with van der Waals surface area (Å²) in [5.41, 5.74) is 0.221. The Balaban J connectivity index is 1.49. The fourth-order valence-corrected chi connectivity index (χ4v) is 4.23. The van der Waals surface area contributed by atoms with Crippen LogP contribution >= 0.6 is 0 Å². The summed E-state index contributed by atoms with van der Waals surface area (Å²) in [5.74, 6) is 2.66. The summed E-state index contributed by atoms with van der Waals surface area (Å²) in [6.07, 6.45) is 8.23. The highest BCUT2D eigenvalue weighted by molar-refractivity contribution is 5.77. The molecule has 2 saturated heterocycles. The van der Waals surface area contributed by atoms with Crippen molar-refractivity contribution >= 4 is 11.7 Å². The molecule has 1 aromatic heterocycles. The lowest BCUT2D eigenvalue weighted by atomic mass is 9.73. The van der Waals surface area contributed by atoms with Gasteiger partial charge in [-0.1, -0.05) is 0 Å². The van der Waals surface area contributed by atoms with Crippen LogP contribution in [0, 0.1) is 11.3 Å². The number of likely N-dealkylation sites (tertiary alicyclic amines) is 1. The second kappa shape index (κ2) is 6.22. The maximum Gasteiger partial charge on any atom is 0.222 e. The lowest BCUT2D eigenvalue weighted by Gasteiger charge is -2.48. The van der Waals surface area contributed by atoms with Crippen LogP contribution in [-0.2, 0) is 4.79 Å². The Labute approximate surface area is 143 Å². The lowest BCUT2D eigenvalue weighted by Crippen LogP contribution is -2.54. The Morgan fingerprint density at radius 2 is 2.17 bits per heavy atom. The summed E-state index contributed by atoms with van der Waals surface area (Å²) in [5, 5.41) is 0. The fourth-order valence-electron chi connectivity index (χ4n) is 4.23. The average Bonchev–Trinajstić information content (AvgIpc) is 3.43. The molecule has 3 fully saturated rings. The van der Waals surface area contributed by atoms with Crippen molar-refractivity contribution < 1.29 is 9.53 Å². The zero-order valence-electron chi connectivity index (χ0n) is 14.4. The van der Waals surface area contributed by atoms with Crippen LogP contribution in [0.4, 0.5) is 5.82 Å². The van der Waals surface area contributed by atoms with Crippen molar-refractivity contribution in [1.29, 1.82) is 0 Å². The van der Waals surface area contributed by atoms with E-state index in [0.29, 0.717) is 18.2 Å². The first-order chi connectivity index (χ1) is 11.7. The van der Waals surface area contributed by atoms with E-state index in [2.05, 4.69) is 19.8 Å². The van der Waals surface area contributed by atoms with Crippen LogP contribution in [0.2, 0.25) is 0 Å². The number of anilines is 1. The molecule has 6 heteroatoms. The maximum atomic E-state index is 12.3. The lowest BCUT2D eigenvalue weighted by molar-refractivity contribution is -0.138. The third-order valence-corrected chi connectivity index (χ3v) is 5.75.